The van der Waals surface area contributed by atoms with E-state index in [-0.39, 0.29) is 0 Å². The summed E-state index contributed by atoms with van der Waals surface area (Å²) in [5, 5.41) is 8.36. The molecule has 0 saturated heterocycles. The Morgan fingerprint density at radius 3 is 3.00 bits per heavy atom. The van der Waals surface area contributed by atoms with Crippen molar-refractivity contribution in [3.63, 3.8) is 0 Å². The van der Waals surface area contributed by atoms with Gasteiger partial charge in [0.05, 0.1) is 5.69 Å². The molecule has 5 heteroatoms. The molecule has 0 spiro atoms. The van der Waals surface area contributed by atoms with Crippen LogP contribution in [0.3, 0.4) is 0 Å². The van der Waals surface area contributed by atoms with Crippen molar-refractivity contribution in [1.29, 1.82) is 0 Å². The second-order valence-corrected chi connectivity index (χ2v) is 4.77. The molecule has 0 fully saturated rings. The number of nitrogens with two attached hydrogens (primary N) is 1. The maximum atomic E-state index is 5.91. The fourth-order valence-electron chi connectivity index (χ4n) is 1.78. The van der Waals surface area contributed by atoms with E-state index < -0.39 is 0 Å². The maximum Gasteiger partial charge on any atom is 0.163 e. The number of rotatable bonds is 2. The van der Waals surface area contributed by atoms with Gasteiger partial charge in [-0.3, -0.25) is 0 Å². The van der Waals surface area contributed by atoms with Gasteiger partial charge >= 0.3 is 0 Å². The summed E-state index contributed by atoms with van der Waals surface area (Å²) in [5.74, 6) is 0.593. The molecule has 18 heavy (non-hydrogen) atoms. The van der Waals surface area contributed by atoms with Gasteiger partial charge in [-0.15, -0.1) is 0 Å². The number of imidazole rings is 1. The molecular formula is C13H12N4S. The zero-order valence-corrected chi connectivity index (χ0v) is 10.7. The van der Waals surface area contributed by atoms with Crippen LogP contribution in [0.25, 0.3) is 17.8 Å². The Bertz CT molecular complexity index is 710. The van der Waals surface area contributed by atoms with Crippen molar-refractivity contribution in [2.45, 2.75) is 6.92 Å². The summed E-state index contributed by atoms with van der Waals surface area (Å²) in [4.78, 5) is 4.44. The van der Waals surface area contributed by atoms with Crippen molar-refractivity contribution >= 4 is 35.0 Å². The van der Waals surface area contributed by atoms with Gasteiger partial charge in [0, 0.05) is 11.8 Å². The third-order valence-corrected chi connectivity index (χ3v) is 3.47. The van der Waals surface area contributed by atoms with E-state index in [1.165, 1.54) is 5.56 Å². The number of hydrogen-bond donors (Lipinski definition) is 1. The number of nitrogen functional groups attached to an aromatic ring is 1. The van der Waals surface area contributed by atoms with Gasteiger partial charge in [-0.2, -0.15) is 21.0 Å². The highest BCUT2D eigenvalue weighted by molar-refractivity contribution is 7.08. The number of hydrogen-bond acceptors (Lipinski definition) is 4. The maximum absolute atomic E-state index is 5.91. The Morgan fingerprint density at radius 1 is 1.33 bits per heavy atom. The quantitative estimate of drug-likeness (QED) is 0.767. The first kappa shape index (κ1) is 11.0. The molecule has 3 rings (SSSR count). The summed E-state index contributed by atoms with van der Waals surface area (Å²) < 4.78 is 1.67. The molecule has 0 aliphatic rings. The van der Waals surface area contributed by atoms with Crippen molar-refractivity contribution in [3.8, 4) is 0 Å². The van der Waals surface area contributed by atoms with Gasteiger partial charge in [-0.1, -0.05) is 12.2 Å². The Kier molecular flexibility index (Phi) is 2.60. The highest BCUT2D eigenvalue weighted by atomic mass is 32.1. The number of thiophene rings is 1. The molecule has 3 heterocycles. The molecule has 0 bridgehead atoms. The monoisotopic (exact) mass is 256 g/mol. The number of anilines is 1. The first-order valence-corrected chi connectivity index (χ1v) is 6.50. The van der Waals surface area contributed by atoms with E-state index in [4.69, 9.17) is 5.73 Å². The lowest BCUT2D eigenvalue weighted by Gasteiger charge is -1.97. The minimum Gasteiger partial charge on any atom is -0.382 e. The minimum atomic E-state index is 0.593. The average molecular weight is 256 g/mol. The molecule has 0 saturated carbocycles. The standard InChI is InChI=1S/C13H12N4S/c1-9-12(14)17-13(16-9)11(4-6-15-17)3-2-10-5-7-18-8-10/h2-8H,14H2,1H3. The SMILES string of the molecule is Cc1nc2c(C=Cc3ccsc3)ccnn2c1N. The van der Waals surface area contributed by atoms with Crippen molar-refractivity contribution in [1.82, 2.24) is 14.6 Å². The smallest absolute Gasteiger partial charge is 0.163 e. The largest absolute Gasteiger partial charge is 0.382 e. The number of fused-ring (bicyclic) bond motifs is 1. The van der Waals surface area contributed by atoms with Crippen LogP contribution in [-0.4, -0.2) is 14.6 Å². The van der Waals surface area contributed by atoms with Crippen LogP contribution in [-0.2, 0) is 0 Å². The normalized spacial score (nSPS) is 11.6. The predicted octanol–water partition coefficient (Wildman–Crippen LogP) is 2.85. The molecule has 0 aromatic carbocycles. The molecule has 0 aliphatic heterocycles. The van der Waals surface area contributed by atoms with Gasteiger partial charge in [-0.25, -0.2) is 4.98 Å². The van der Waals surface area contributed by atoms with Crippen molar-refractivity contribution in [3.05, 3.63) is 45.9 Å². The Balaban J connectivity index is 2.10. The average Bonchev–Trinajstić information content (AvgIpc) is 2.98. The summed E-state index contributed by atoms with van der Waals surface area (Å²) in [6, 6.07) is 4.01. The lowest BCUT2D eigenvalue weighted by molar-refractivity contribution is 0.943. The van der Waals surface area contributed by atoms with E-state index in [1.807, 2.05) is 19.1 Å². The highest BCUT2D eigenvalue weighted by Crippen LogP contribution is 2.18. The molecule has 0 amide bonds. The second kappa shape index (κ2) is 4.27. The molecule has 3 aromatic heterocycles. The summed E-state index contributed by atoms with van der Waals surface area (Å²) in [6.45, 7) is 1.89. The number of aryl methyl sites for hydroxylation is 1. The Hall–Kier alpha value is -2.14. The van der Waals surface area contributed by atoms with Gasteiger partial charge in [0.15, 0.2) is 5.65 Å². The third-order valence-electron chi connectivity index (χ3n) is 2.77. The van der Waals surface area contributed by atoms with Crippen LogP contribution in [0.15, 0.2) is 29.1 Å². The van der Waals surface area contributed by atoms with E-state index in [1.54, 1.807) is 22.0 Å². The summed E-state index contributed by atoms with van der Waals surface area (Å²) in [7, 11) is 0. The Labute approximate surface area is 108 Å². The van der Waals surface area contributed by atoms with E-state index in [0.29, 0.717) is 5.82 Å². The molecule has 90 valence electrons. The van der Waals surface area contributed by atoms with Gasteiger partial charge < -0.3 is 5.73 Å². The molecule has 4 nitrogen and oxygen atoms in total. The third kappa shape index (κ3) is 1.78. The van der Waals surface area contributed by atoms with Crippen LogP contribution in [0.2, 0.25) is 0 Å². The minimum absolute atomic E-state index is 0.593. The van der Waals surface area contributed by atoms with E-state index in [0.717, 1.165) is 16.9 Å². The van der Waals surface area contributed by atoms with Crippen LogP contribution in [0.4, 0.5) is 5.82 Å². The van der Waals surface area contributed by atoms with E-state index in [9.17, 15) is 0 Å². The lowest BCUT2D eigenvalue weighted by Crippen LogP contribution is -1.98. The van der Waals surface area contributed by atoms with Gasteiger partial charge in [0.25, 0.3) is 0 Å². The molecule has 3 aromatic rings. The second-order valence-electron chi connectivity index (χ2n) is 3.99. The molecule has 0 aliphatic carbocycles. The van der Waals surface area contributed by atoms with Crippen LogP contribution < -0.4 is 5.73 Å². The van der Waals surface area contributed by atoms with Crippen LogP contribution in [0, 0.1) is 6.92 Å². The molecule has 2 N–H and O–H groups in total. The predicted molar refractivity (Wildman–Crippen MR) is 75.4 cm³/mol. The first-order chi connectivity index (χ1) is 8.75. The topological polar surface area (TPSA) is 56.2 Å². The van der Waals surface area contributed by atoms with Gasteiger partial charge in [0.2, 0.25) is 0 Å². The summed E-state index contributed by atoms with van der Waals surface area (Å²) in [6.07, 6.45) is 5.83. The van der Waals surface area contributed by atoms with Crippen LogP contribution in [0.1, 0.15) is 16.8 Å². The van der Waals surface area contributed by atoms with Crippen molar-refractivity contribution in [2.75, 3.05) is 5.73 Å². The fourth-order valence-corrected chi connectivity index (χ4v) is 2.40. The highest BCUT2D eigenvalue weighted by Gasteiger charge is 2.08. The zero-order chi connectivity index (χ0) is 12.5. The molecule has 0 radical (unpaired) electrons. The van der Waals surface area contributed by atoms with Gasteiger partial charge in [0.1, 0.15) is 5.82 Å². The van der Waals surface area contributed by atoms with Crippen LogP contribution in [0.5, 0.6) is 0 Å². The van der Waals surface area contributed by atoms with Crippen molar-refractivity contribution < 1.29 is 0 Å². The number of nitrogens with zero attached hydrogens (tertiary/aromatic N) is 3. The van der Waals surface area contributed by atoms with E-state index >= 15 is 0 Å². The summed E-state index contributed by atoms with van der Waals surface area (Å²) in [5.41, 5.74) is 9.71. The number of aromatic nitrogens is 3. The molecular weight excluding hydrogens is 244 g/mol. The van der Waals surface area contributed by atoms with Crippen molar-refractivity contribution in [2.24, 2.45) is 0 Å². The molecule has 0 atom stereocenters. The first-order valence-electron chi connectivity index (χ1n) is 5.56. The van der Waals surface area contributed by atoms with E-state index in [2.05, 4.69) is 33.0 Å². The van der Waals surface area contributed by atoms with Crippen LogP contribution >= 0.6 is 11.3 Å². The molecule has 0 unspecified atom stereocenters. The summed E-state index contributed by atoms with van der Waals surface area (Å²) >= 11 is 1.68. The van der Waals surface area contributed by atoms with Gasteiger partial charge in [-0.05, 0) is 35.4 Å². The fraction of sp³-hybridized carbons (Fsp3) is 0.0769. The lowest BCUT2D eigenvalue weighted by atomic mass is 10.2. The Morgan fingerprint density at radius 2 is 2.22 bits per heavy atom. The zero-order valence-electron chi connectivity index (χ0n) is 9.87.